The summed E-state index contributed by atoms with van der Waals surface area (Å²) in [6, 6.07) is 8.46. The maximum absolute atomic E-state index is 6.40. The van der Waals surface area contributed by atoms with Crippen LogP contribution in [0.5, 0.6) is 0 Å². The Bertz CT molecular complexity index is 543. The average Bonchev–Trinajstić information content (AvgIpc) is 2.93. The minimum atomic E-state index is 0.0986. The first-order valence-electron chi connectivity index (χ1n) is 7.29. The largest absolute Gasteiger partial charge is 0.326 e. The molecule has 2 N–H and O–H groups in total. The Morgan fingerprint density at radius 3 is 2.48 bits per heavy atom. The molecule has 0 saturated carbocycles. The Labute approximate surface area is 135 Å². The summed E-state index contributed by atoms with van der Waals surface area (Å²) in [6.07, 6.45) is 4.60. The van der Waals surface area contributed by atoms with Gasteiger partial charge in [-0.1, -0.05) is 25.4 Å². The summed E-state index contributed by atoms with van der Waals surface area (Å²) >= 11 is 7.74. The van der Waals surface area contributed by atoms with Gasteiger partial charge in [0, 0.05) is 29.9 Å². The molecule has 2 aromatic rings. The first-order valence-corrected chi connectivity index (χ1v) is 8.48. The van der Waals surface area contributed by atoms with E-state index in [1.54, 1.807) is 11.3 Å². The Balaban J connectivity index is 2.25. The van der Waals surface area contributed by atoms with E-state index >= 15 is 0 Å². The smallest absolute Gasteiger partial charge is 0.0931 e. The lowest BCUT2D eigenvalue weighted by atomic mass is 10.0. The summed E-state index contributed by atoms with van der Waals surface area (Å²) in [5.74, 6) is 0. The molecule has 0 fully saturated rings. The van der Waals surface area contributed by atoms with Crippen molar-refractivity contribution in [3.05, 3.63) is 51.4 Å². The zero-order valence-corrected chi connectivity index (χ0v) is 14.1. The quantitative estimate of drug-likeness (QED) is 0.834. The van der Waals surface area contributed by atoms with E-state index in [1.807, 2.05) is 18.5 Å². The van der Waals surface area contributed by atoms with Gasteiger partial charge in [-0.25, -0.2) is 0 Å². The van der Waals surface area contributed by atoms with Gasteiger partial charge in [0.2, 0.25) is 0 Å². The molecule has 3 nitrogen and oxygen atoms in total. The molecule has 0 bridgehead atoms. The van der Waals surface area contributed by atoms with Gasteiger partial charge in [0.25, 0.3) is 0 Å². The number of aromatic nitrogens is 1. The van der Waals surface area contributed by atoms with E-state index in [4.69, 9.17) is 17.3 Å². The number of hydrogen-bond acceptors (Lipinski definition) is 4. The number of thiophene rings is 1. The van der Waals surface area contributed by atoms with Crippen LogP contribution in [0.2, 0.25) is 4.34 Å². The molecule has 0 aliphatic rings. The van der Waals surface area contributed by atoms with E-state index in [9.17, 15) is 0 Å². The van der Waals surface area contributed by atoms with E-state index in [-0.39, 0.29) is 12.1 Å². The third-order valence-corrected chi connectivity index (χ3v) is 5.00. The molecule has 2 heterocycles. The standard InChI is InChI=1S/C16H22ClN3S/c1-3-13(18)16(14-5-6-15(17)21-14)20(4-2)11-12-7-9-19-10-8-12/h5-10,13,16H,3-4,11,18H2,1-2H3. The van der Waals surface area contributed by atoms with Crippen LogP contribution in [0, 0.1) is 0 Å². The van der Waals surface area contributed by atoms with Gasteiger partial charge in [0.1, 0.15) is 0 Å². The van der Waals surface area contributed by atoms with Crippen molar-refractivity contribution in [2.75, 3.05) is 6.54 Å². The highest BCUT2D eigenvalue weighted by Gasteiger charge is 2.26. The molecule has 2 aromatic heterocycles. The maximum Gasteiger partial charge on any atom is 0.0931 e. The number of halogens is 1. The van der Waals surface area contributed by atoms with Gasteiger partial charge in [-0.3, -0.25) is 9.88 Å². The van der Waals surface area contributed by atoms with E-state index < -0.39 is 0 Å². The van der Waals surface area contributed by atoms with E-state index in [1.165, 1.54) is 10.4 Å². The van der Waals surface area contributed by atoms with Crippen LogP contribution in [0.3, 0.4) is 0 Å². The first kappa shape index (κ1) is 16.4. The average molecular weight is 324 g/mol. The van der Waals surface area contributed by atoms with Gasteiger partial charge in [-0.05, 0) is 42.8 Å². The predicted molar refractivity (Wildman–Crippen MR) is 90.7 cm³/mol. The highest BCUT2D eigenvalue weighted by Crippen LogP contribution is 2.33. The van der Waals surface area contributed by atoms with Gasteiger partial charge in [0.05, 0.1) is 10.4 Å². The highest BCUT2D eigenvalue weighted by molar-refractivity contribution is 7.16. The third-order valence-electron chi connectivity index (χ3n) is 3.70. The first-order chi connectivity index (χ1) is 10.2. The highest BCUT2D eigenvalue weighted by atomic mass is 35.5. The number of rotatable bonds is 7. The molecule has 2 atom stereocenters. The van der Waals surface area contributed by atoms with Crippen LogP contribution >= 0.6 is 22.9 Å². The van der Waals surface area contributed by atoms with Crippen molar-refractivity contribution in [1.82, 2.24) is 9.88 Å². The number of nitrogens with zero attached hydrogens (tertiary/aromatic N) is 2. The topological polar surface area (TPSA) is 42.1 Å². The zero-order valence-electron chi connectivity index (χ0n) is 12.5. The van der Waals surface area contributed by atoms with Crippen molar-refractivity contribution < 1.29 is 0 Å². The van der Waals surface area contributed by atoms with Crippen molar-refractivity contribution >= 4 is 22.9 Å². The van der Waals surface area contributed by atoms with Gasteiger partial charge in [0.15, 0.2) is 0 Å². The molecule has 114 valence electrons. The van der Waals surface area contributed by atoms with Crippen molar-refractivity contribution in [1.29, 1.82) is 0 Å². The van der Waals surface area contributed by atoms with Crippen LogP contribution in [0.1, 0.15) is 36.8 Å². The fraction of sp³-hybridized carbons (Fsp3) is 0.438. The van der Waals surface area contributed by atoms with Crippen molar-refractivity contribution in [2.45, 2.75) is 38.9 Å². The maximum atomic E-state index is 6.40. The van der Waals surface area contributed by atoms with Crippen LogP contribution < -0.4 is 5.73 Å². The van der Waals surface area contributed by atoms with Gasteiger partial charge in [-0.2, -0.15) is 0 Å². The summed E-state index contributed by atoms with van der Waals surface area (Å²) in [5, 5.41) is 0. The minimum absolute atomic E-state index is 0.0986. The molecule has 0 aliphatic carbocycles. The van der Waals surface area contributed by atoms with Gasteiger partial charge < -0.3 is 5.73 Å². The zero-order chi connectivity index (χ0) is 15.2. The Morgan fingerprint density at radius 1 is 1.24 bits per heavy atom. The second-order valence-corrected chi connectivity index (χ2v) is 6.82. The Kier molecular flexibility index (Phi) is 6.18. The molecule has 21 heavy (non-hydrogen) atoms. The predicted octanol–water partition coefficient (Wildman–Crippen LogP) is 4.10. The Morgan fingerprint density at radius 2 is 1.95 bits per heavy atom. The monoisotopic (exact) mass is 323 g/mol. The molecule has 0 saturated heterocycles. The van der Waals surface area contributed by atoms with E-state index in [0.29, 0.717) is 0 Å². The molecule has 0 aromatic carbocycles. The van der Waals surface area contributed by atoms with Crippen molar-refractivity contribution in [2.24, 2.45) is 5.73 Å². The number of likely N-dealkylation sites (N-methyl/N-ethyl adjacent to an activating group) is 1. The summed E-state index contributed by atoms with van der Waals surface area (Å²) in [6.45, 7) is 6.11. The molecular formula is C16H22ClN3S. The second kappa shape index (κ2) is 7.90. The number of hydrogen-bond donors (Lipinski definition) is 1. The minimum Gasteiger partial charge on any atom is -0.326 e. The SMILES string of the molecule is CCC(N)C(c1ccc(Cl)s1)N(CC)Cc1ccncc1. The van der Waals surface area contributed by atoms with E-state index in [2.05, 4.69) is 41.9 Å². The van der Waals surface area contributed by atoms with Crippen LogP contribution in [-0.4, -0.2) is 22.5 Å². The molecule has 0 aliphatic heterocycles. The molecule has 5 heteroatoms. The van der Waals surface area contributed by atoms with Crippen molar-refractivity contribution in [3.63, 3.8) is 0 Å². The molecule has 2 unspecified atom stereocenters. The lowest BCUT2D eigenvalue weighted by Gasteiger charge is -2.34. The summed E-state index contributed by atoms with van der Waals surface area (Å²) in [5.41, 5.74) is 7.65. The van der Waals surface area contributed by atoms with Gasteiger partial charge in [-0.15, -0.1) is 11.3 Å². The van der Waals surface area contributed by atoms with Gasteiger partial charge >= 0.3 is 0 Å². The fourth-order valence-corrected chi connectivity index (χ4v) is 3.77. The van der Waals surface area contributed by atoms with Crippen LogP contribution in [-0.2, 0) is 6.54 Å². The lowest BCUT2D eigenvalue weighted by molar-refractivity contribution is 0.172. The summed E-state index contributed by atoms with van der Waals surface area (Å²) in [4.78, 5) is 7.73. The molecular weight excluding hydrogens is 302 g/mol. The summed E-state index contributed by atoms with van der Waals surface area (Å²) in [7, 11) is 0. The fourth-order valence-electron chi connectivity index (χ4n) is 2.50. The second-order valence-electron chi connectivity index (χ2n) is 5.08. The third kappa shape index (κ3) is 4.27. The van der Waals surface area contributed by atoms with Crippen LogP contribution in [0.15, 0.2) is 36.7 Å². The van der Waals surface area contributed by atoms with Crippen LogP contribution in [0.4, 0.5) is 0 Å². The van der Waals surface area contributed by atoms with Crippen LogP contribution in [0.25, 0.3) is 0 Å². The van der Waals surface area contributed by atoms with Crippen molar-refractivity contribution in [3.8, 4) is 0 Å². The Hall–Kier alpha value is -0.940. The van der Waals surface area contributed by atoms with E-state index in [0.717, 1.165) is 23.8 Å². The number of nitrogens with two attached hydrogens (primary N) is 1. The molecule has 0 spiro atoms. The normalized spacial score (nSPS) is 14.3. The summed E-state index contributed by atoms with van der Waals surface area (Å²) < 4.78 is 0.818. The number of pyridine rings is 1. The molecule has 0 amide bonds. The molecule has 0 radical (unpaired) electrons. The molecule has 2 rings (SSSR count). The lowest BCUT2D eigenvalue weighted by Crippen LogP contribution is -2.40.